The Hall–Kier alpha value is -3.78. The lowest BCUT2D eigenvalue weighted by Crippen LogP contribution is -2.39. The van der Waals surface area contributed by atoms with E-state index in [4.69, 9.17) is 0 Å². The van der Waals surface area contributed by atoms with Gasteiger partial charge in [0.25, 0.3) is 0 Å². The minimum atomic E-state index is -0.673. The Morgan fingerprint density at radius 1 is 0.921 bits per heavy atom. The zero-order valence-electron chi connectivity index (χ0n) is 20.3. The molecule has 0 bridgehead atoms. The van der Waals surface area contributed by atoms with Crippen molar-refractivity contribution in [2.24, 2.45) is 17.8 Å². The Bertz CT molecular complexity index is 1500. The van der Waals surface area contributed by atoms with Crippen molar-refractivity contribution in [2.75, 3.05) is 6.54 Å². The summed E-state index contributed by atoms with van der Waals surface area (Å²) in [6, 6.07) is 13.4. The highest BCUT2D eigenvalue weighted by Gasteiger charge is 2.56. The number of halogens is 1. The van der Waals surface area contributed by atoms with Crippen LogP contribution in [0.15, 0.2) is 81.9 Å². The minimum Gasteiger partial charge on any atom is -0.508 e. The molecule has 0 saturated carbocycles. The van der Waals surface area contributed by atoms with Crippen molar-refractivity contribution < 1.29 is 29.4 Å². The van der Waals surface area contributed by atoms with Gasteiger partial charge in [-0.3, -0.25) is 24.1 Å². The first-order chi connectivity index (χ1) is 18.3. The van der Waals surface area contributed by atoms with E-state index in [9.17, 15) is 29.4 Å². The second-order valence-corrected chi connectivity index (χ2v) is 11.1. The number of imide groups is 1. The number of likely N-dealkylation sites (tertiary alicyclic amines) is 1. The number of phenolic OH excluding ortho intramolecular Hbond substituents is 2. The third-order valence-corrected chi connectivity index (χ3v) is 8.82. The first-order valence-corrected chi connectivity index (χ1v) is 13.4. The Morgan fingerprint density at radius 3 is 2.39 bits per heavy atom. The first-order valence-electron chi connectivity index (χ1n) is 12.6. The van der Waals surface area contributed by atoms with E-state index in [0.717, 1.165) is 11.1 Å². The Morgan fingerprint density at radius 2 is 1.66 bits per heavy atom. The predicted molar refractivity (Wildman–Crippen MR) is 141 cm³/mol. The molecule has 0 radical (unpaired) electrons. The van der Waals surface area contributed by atoms with Crippen LogP contribution in [0, 0.1) is 17.8 Å². The van der Waals surface area contributed by atoms with E-state index in [1.165, 1.54) is 11.0 Å². The summed E-state index contributed by atoms with van der Waals surface area (Å²) in [5, 5.41) is 20.3. The van der Waals surface area contributed by atoms with E-state index in [-0.39, 0.29) is 52.3 Å². The summed E-state index contributed by atoms with van der Waals surface area (Å²) in [6.45, 7) is 0.222. The first kappa shape index (κ1) is 24.6. The van der Waals surface area contributed by atoms with Crippen LogP contribution in [0.3, 0.4) is 0 Å². The van der Waals surface area contributed by atoms with Crippen LogP contribution in [0.2, 0.25) is 0 Å². The predicted octanol–water partition coefficient (Wildman–Crippen LogP) is 4.10. The van der Waals surface area contributed by atoms with E-state index in [1.54, 1.807) is 48.5 Å². The Kier molecular flexibility index (Phi) is 5.94. The number of para-hydroxylation sites is 1. The fourth-order valence-corrected chi connectivity index (χ4v) is 6.93. The molecular formula is C30H24BrNO6. The number of carbonyl (C=O) groups is 4. The maximum atomic E-state index is 13.8. The molecule has 3 aliphatic carbocycles. The van der Waals surface area contributed by atoms with E-state index in [1.807, 2.05) is 6.08 Å². The highest BCUT2D eigenvalue weighted by atomic mass is 79.9. The topological polar surface area (TPSA) is 112 Å². The van der Waals surface area contributed by atoms with Gasteiger partial charge in [-0.25, -0.2) is 0 Å². The third-order valence-electron chi connectivity index (χ3n) is 8.23. The molecule has 4 aliphatic rings. The fraction of sp³-hybridized carbons (Fsp3) is 0.267. The molecule has 6 rings (SSSR count). The number of Topliss-reactive ketones (excluding diaryl/α,β-unsaturated/α-hetero) is 1. The van der Waals surface area contributed by atoms with Gasteiger partial charge in [0, 0.05) is 35.2 Å². The molecule has 4 atom stereocenters. The number of phenols is 2. The number of amides is 2. The SMILES string of the molecule is O=C1C=C(Br)C(=O)C2=C1[C@@H](c1ccccc1O)C1=CC[C@@H]3C(=O)N(CCc4ccc(O)cc4)C(=O)[C@@H]3[C@@H]1C2. The molecule has 192 valence electrons. The van der Waals surface area contributed by atoms with Crippen LogP contribution in [0.4, 0.5) is 0 Å². The zero-order chi connectivity index (χ0) is 26.7. The normalized spacial score (nSPS) is 26.6. The fourth-order valence-electron chi connectivity index (χ4n) is 6.48. The molecule has 38 heavy (non-hydrogen) atoms. The molecule has 7 nitrogen and oxygen atoms in total. The number of benzene rings is 2. The quantitative estimate of drug-likeness (QED) is 0.323. The van der Waals surface area contributed by atoms with E-state index in [0.29, 0.717) is 29.6 Å². The van der Waals surface area contributed by atoms with Crippen molar-refractivity contribution in [3.8, 4) is 11.5 Å². The molecular weight excluding hydrogens is 550 g/mol. The van der Waals surface area contributed by atoms with Crippen LogP contribution >= 0.6 is 15.9 Å². The largest absolute Gasteiger partial charge is 0.508 e. The molecule has 1 heterocycles. The average molecular weight is 574 g/mol. The highest BCUT2D eigenvalue weighted by molar-refractivity contribution is 9.12. The van der Waals surface area contributed by atoms with Gasteiger partial charge in [0.15, 0.2) is 11.6 Å². The second kappa shape index (κ2) is 9.20. The second-order valence-electron chi connectivity index (χ2n) is 10.2. The average Bonchev–Trinajstić information content (AvgIpc) is 3.15. The standard InChI is InChI=1S/C30H24BrNO6/c31-22-14-24(35)27-21(28(22)36)13-20-17(25(27)18-3-1-2-4-23(18)34)9-10-19-26(20)30(38)32(29(19)37)12-11-15-5-7-16(33)8-6-15/h1-9,14,19-20,25-26,33-34H,10-13H2/t19-,20+,25+,26-/m0/s1. The summed E-state index contributed by atoms with van der Waals surface area (Å²) in [6.07, 6.45) is 4.21. The van der Waals surface area contributed by atoms with Gasteiger partial charge in [0.05, 0.1) is 16.3 Å². The molecule has 0 spiro atoms. The van der Waals surface area contributed by atoms with Gasteiger partial charge in [-0.05, 0) is 64.9 Å². The Labute approximate surface area is 227 Å². The summed E-state index contributed by atoms with van der Waals surface area (Å²) < 4.78 is 0.168. The van der Waals surface area contributed by atoms with Gasteiger partial charge in [0.1, 0.15) is 11.5 Å². The summed E-state index contributed by atoms with van der Waals surface area (Å²) in [5.74, 6) is -3.23. The van der Waals surface area contributed by atoms with E-state index < -0.39 is 23.7 Å². The molecule has 1 saturated heterocycles. The van der Waals surface area contributed by atoms with Gasteiger partial charge in [-0.1, -0.05) is 42.0 Å². The van der Waals surface area contributed by atoms with E-state index >= 15 is 0 Å². The molecule has 1 fully saturated rings. The number of hydrogen-bond donors (Lipinski definition) is 2. The highest BCUT2D eigenvalue weighted by Crippen LogP contribution is 2.56. The smallest absolute Gasteiger partial charge is 0.233 e. The van der Waals surface area contributed by atoms with Gasteiger partial charge >= 0.3 is 0 Å². The monoisotopic (exact) mass is 573 g/mol. The lowest BCUT2D eigenvalue weighted by Gasteiger charge is -2.42. The van der Waals surface area contributed by atoms with Crippen LogP contribution in [-0.4, -0.2) is 45.0 Å². The van der Waals surface area contributed by atoms with Crippen molar-refractivity contribution in [3.63, 3.8) is 0 Å². The molecule has 1 aliphatic heterocycles. The number of fused-ring (bicyclic) bond motifs is 3. The van der Waals surface area contributed by atoms with Crippen LogP contribution in [-0.2, 0) is 25.6 Å². The molecule has 2 N–H and O–H groups in total. The molecule has 0 unspecified atom stereocenters. The summed E-state index contributed by atoms with van der Waals surface area (Å²) >= 11 is 3.22. The van der Waals surface area contributed by atoms with Crippen molar-refractivity contribution >= 4 is 39.3 Å². The maximum absolute atomic E-state index is 13.8. The van der Waals surface area contributed by atoms with Crippen LogP contribution in [0.5, 0.6) is 11.5 Å². The van der Waals surface area contributed by atoms with Crippen molar-refractivity contribution in [1.29, 1.82) is 0 Å². The lowest BCUT2D eigenvalue weighted by molar-refractivity contribution is -0.140. The van der Waals surface area contributed by atoms with E-state index in [2.05, 4.69) is 15.9 Å². The number of carbonyl (C=O) groups excluding carboxylic acids is 4. The number of ketones is 2. The molecule has 2 amide bonds. The number of allylic oxidation sites excluding steroid dienone is 6. The number of nitrogens with zero attached hydrogens (tertiary/aromatic N) is 1. The van der Waals surface area contributed by atoms with Crippen LogP contribution < -0.4 is 0 Å². The summed E-state index contributed by atoms with van der Waals surface area (Å²) in [7, 11) is 0. The Balaban J connectivity index is 1.38. The molecule has 0 aromatic heterocycles. The number of hydrogen-bond acceptors (Lipinski definition) is 6. The third kappa shape index (κ3) is 3.77. The minimum absolute atomic E-state index is 0.00578. The number of aromatic hydroxyl groups is 2. The maximum Gasteiger partial charge on any atom is 0.233 e. The van der Waals surface area contributed by atoms with Crippen molar-refractivity contribution in [3.05, 3.63) is 93.0 Å². The molecule has 2 aromatic rings. The molecule has 8 heteroatoms. The van der Waals surface area contributed by atoms with Crippen LogP contribution in [0.25, 0.3) is 0 Å². The van der Waals surface area contributed by atoms with Crippen molar-refractivity contribution in [2.45, 2.75) is 25.2 Å². The van der Waals surface area contributed by atoms with Crippen LogP contribution in [0.1, 0.15) is 29.9 Å². The van der Waals surface area contributed by atoms with Gasteiger partial charge in [-0.15, -0.1) is 0 Å². The summed E-state index contributed by atoms with van der Waals surface area (Å²) in [4.78, 5) is 54.9. The van der Waals surface area contributed by atoms with Gasteiger partial charge in [-0.2, -0.15) is 0 Å². The zero-order valence-corrected chi connectivity index (χ0v) is 21.8. The van der Waals surface area contributed by atoms with Crippen molar-refractivity contribution in [1.82, 2.24) is 4.90 Å². The van der Waals surface area contributed by atoms with Gasteiger partial charge < -0.3 is 10.2 Å². The summed E-state index contributed by atoms with van der Waals surface area (Å²) in [5.41, 5.74) is 2.88. The van der Waals surface area contributed by atoms with Gasteiger partial charge in [0.2, 0.25) is 11.8 Å². The number of rotatable bonds is 4. The molecule has 2 aromatic carbocycles. The lowest BCUT2D eigenvalue weighted by atomic mass is 9.59.